The van der Waals surface area contributed by atoms with Crippen LogP contribution in [0.25, 0.3) is 21.9 Å². The van der Waals surface area contributed by atoms with Gasteiger partial charge in [0, 0.05) is 37.4 Å². The Bertz CT molecular complexity index is 1270. The van der Waals surface area contributed by atoms with Gasteiger partial charge < -0.3 is 9.32 Å². The van der Waals surface area contributed by atoms with Crippen LogP contribution < -0.4 is 5.56 Å². The number of fused-ring (bicyclic) bond motifs is 2. The number of carbonyl (C=O) groups excluding carboxylic acids is 1. The van der Waals surface area contributed by atoms with Gasteiger partial charge in [-0.25, -0.2) is 4.68 Å². The summed E-state index contributed by atoms with van der Waals surface area (Å²) in [6, 6.07) is 15.0. The van der Waals surface area contributed by atoms with Gasteiger partial charge in [0.25, 0.3) is 5.56 Å². The molecule has 0 bridgehead atoms. The van der Waals surface area contributed by atoms with Crippen molar-refractivity contribution in [3.63, 3.8) is 0 Å². The minimum Gasteiger partial charge on any atom is -0.461 e. The van der Waals surface area contributed by atoms with Crippen LogP contribution in [0.15, 0.2) is 57.7 Å². The Morgan fingerprint density at radius 3 is 2.65 bits per heavy atom. The fourth-order valence-corrected chi connectivity index (χ4v) is 3.75. The number of furan rings is 1. The Balaban J connectivity index is 1.48. The number of nitrogens with zero attached hydrogens (tertiary/aromatic N) is 4. The van der Waals surface area contributed by atoms with Crippen LogP contribution in [0.2, 0.25) is 0 Å². The number of hydrogen-bond donors (Lipinski definition) is 0. The number of amides is 1. The second kappa shape index (κ2) is 9.12. The Hall–Kier alpha value is -3.48. The second-order valence-electron chi connectivity index (χ2n) is 7.74. The van der Waals surface area contributed by atoms with Gasteiger partial charge in [0.05, 0.1) is 11.9 Å². The van der Waals surface area contributed by atoms with Crippen LogP contribution in [0.3, 0.4) is 0 Å². The fourth-order valence-electron chi connectivity index (χ4n) is 3.75. The van der Waals surface area contributed by atoms with Gasteiger partial charge in [-0.3, -0.25) is 9.59 Å². The van der Waals surface area contributed by atoms with Crippen LogP contribution in [0.1, 0.15) is 37.5 Å². The molecule has 0 aliphatic rings. The smallest absolute Gasteiger partial charge is 0.277 e. The summed E-state index contributed by atoms with van der Waals surface area (Å²) >= 11 is 0. The Kier molecular flexibility index (Phi) is 6.11. The maximum absolute atomic E-state index is 12.8. The van der Waals surface area contributed by atoms with Crippen molar-refractivity contribution < 1.29 is 9.21 Å². The molecule has 160 valence electrons. The summed E-state index contributed by atoms with van der Waals surface area (Å²) in [7, 11) is 1.78. The van der Waals surface area contributed by atoms with E-state index in [0.717, 1.165) is 41.6 Å². The van der Waals surface area contributed by atoms with E-state index in [1.165, 1.54) is 4.68 Å². The number of unbranched alkanes of at least 4 members (excludes halogenated alkanes) is 1. The first-order valence-corrected chi connectivity index (χ1v) is 10.6. The number of rotatable bonds is 8. The first-order valence-electron chi connectivity index (χ1n) is 10.6. The van der Waals surface area contributed by atoms with E-state index in [1.54, 1.807) is 30.1 Å². The summed E-state index contributed by atoms with van der Waals surface area (Å²) < 4.78 is 7.32. The third-order valence-electron chi connectivity index (χ3n) is 5.53. The van der Waals surface area contributed by atoms with Gasteiger partial charge in [0.2, 0.25) is 5.91 Å². The minimum absolute atomic E-state index is 0.0615. The minimum atomic E-state index is -0.233. The molecular weight excluding hydrogens is 392 g/mol. The Morgan fingerprint density at radius 1 is 1.10 bits per heavy atom. The molecule has 0 N–H and O–H groups in total. The maximum Gasteiger partial charge on any atom is 0.277 e. The fraction of sp³-hybridized carbons (Fsp3) is 0.333. The molecule has 0 aliphatic carbocycles. The van der Waals surface area contributed by atoms with Gasteiger partial charge in [0.1, 0.15) is 16.9 Å². The molecule has 0 fully saturated rings. The topological polar surface area (TPSA) is 81.2 Å². The molecule has 0 saturated heterocycles. The van der Waals surface area contributed by atoms with Gasteiger partial charge in [0.15, 0.2) is 0 Å². The molecule has 0 radical (unpaired) electrons. The average molecular weight is 418 g/mol. The van der Waals surface area contributed by atoms with Crippen molar-refractivity contribution in [1.82, 2.24) is 19.9 Å². The monoisotopic (exact) mass is 418 g/mol. The van der Waals surface area contributed by atoms with E-state index in [4.69, 9.17) is 4.42 Å². The maximum atomic E-state index is 12.8. The number of hydrogen-bond acceptors (Lipinski definition) is 5. The third kappa shape index (κ3) is 4.35. The lowest BCUT2D eigenvalue weighted by molar-refractivity contribution is -0.130. The van der Waals surface area contributed by atoms with Crippen molar-refractivity contribution in [2.75, 3.05) is 7.05 Å². The number of para-hydroxylation sites is 1. The number of aromatic nitrogens is 3. The highest BCUT2D eigenvalue weighted by Gasteiger charge is 2.18. The molecule has 7 nitrogen and oxygen atoms in total. The molecule has 2 aromatic carbocycles. The van der Waals surface area contributed by atoms with Gasteiger partial charge in [-0.2, -0.15) is 0 Å². The van der Waals surface area contributed by atoms with E-state index in [1.807, 2.05) is 30.3 Å². The molecule has 0 spiro atoms. The van der Waals surface area contributed by atoms with E-state index in [0.29, 0.717) is 17.4 Å². The van der Waals surface area contributed by atoms with Crippen molar-refractivity contribution in [3.8, 4) is 0 Å². The molecule has 4 rings (SSSR count). The molecule has 0 saturated carbocycles. The molecule has 0 aliphatic heterocycles. The molecule has 31 heavy (non-hydrogen) atoms. The van der Waals surface area contributed by atoms with E-state index < -0.39 is 0 Å². The molecule has 1 amide bonds. The zero-order chi connectivity index (χ0) is 21.8. The molecule has 7 heteroatoms. The number of carbonyl (C=O) groups is 1. The normalized spacial score (nSPS) is 11.3. The summed E-state index contributed by atoms with van der Waals surface area (Å²) in [6.07, 6.45) is 3.13. The molecule has 4 aromatic rings. The van der Waals surface area contributed by atoms with E-state index in [9.17, 15) is 9.59 Å². The lowest BCUT2D eigenvalue weighted by Crippen LogP contribution is -2.30. The first kappa shape index (κ1) is 20.8. The van der Waals surface area contributed by atoms with Crippen LogP contribution in [-0.2, 0) is 24.3 Å². The van der Waals surface area contributed by atoms with Gasteiger partial charge >= 0.3 is 0 Å². The van der Waals surface area contributed by atoms with Gasteiger partial charge in [-0.05, 0) is 24.6 Å². The van der Waals surface area contributed by atoms with Crippen LogP contribution in [0, 0.1) is 0 Å². The van der Waals surface area contributed by atoms with Crippen molar-refractivity contribution >= 4 is 27.8 Å². The summed E-state index contributed by atoms with van der Waals surface area (Å²) in [4.78, 5) is 27.1. The van der Waals surface area contributed by atoms with Crippen molar-refractivity contribution in [2.24, 2.45) is 0 Å². The standard InChI is InChI=1S/C24H26N4O3/c1-3-4-12-22-19(17-9-6-8-13-21(17)31-22)16-27(2)23(29)14-15-28-24(30)18-10-5-7-11-20(18)25-26-28/h5-11,13H,3-4,12,14-16H2,1-2H3. The van der Waals surface area contributed by atoms with Crippen molar-refractivity contribution in [3.05, 3.63) is 70.2 Å². The van der Waals surface area contributed by atoms with E-state index in [2.05, 4.69) is 17.2 Å². The van der Waals surface area contributed by atoms with Gasteiger partial charge in [-0.15, -0.1) is 5.10 Å². The molecule has 0 atom stereocenters. The summed E-state index contributed by atoms with van der Waals surface area (Å²) in [5.74, 6) is 0.882. The lowest BCUT2D eigenvalue weighted by Gasteiger charge is -2.17. The third-order valence-corrected chi connectivity index (χ3v) is 5.53. The van der Waals surface area contributed by atoms with Crippen LogP contribution in [0.5, 0.6) is 0 Å². The molecule has 2 aromatic heterocycles. The van der Waals surface area contributed by atoms with Crippen LogP contribution in [0.4, 0.5) is 0 Å². The number of benzene rings is 2. The highest BCUT2D eigenvalue weighted by atomic mass is 16.3. The molecular formula is C24H26N4O3. The summed E-state index contributed by atoms with van der Waals surface area (Å²) in [5, 5.41) is 9.60. The zero-order valence-corrected chi connectivity index (χ0v) is 17.9. The Morgan fingerprint density at radius 2 is 1.84 bits per heavy atom. The highest BCUT2D eigenvalue weighted by Crippen LogP contribution is 2.28. The lowest BCUT2D eigenvalue weighted by atomic mass is 10.1. The van der Waals surface area contributed by atoms with Crippen molar-refractivity contribution in [1.29, 1.82) is 0 Å². The van der Waals surface area contributed by atoms with E-state index in [-0.39, 0.29) is 24.4 Å². The largest absolute Gasteiger partial charge is 0.461 e. The molecule has 2 heterocycles. The van der Waals surface area contributed by atoms with Crippen molar-refractivity contribution in [2.45, 2.75) is 45.7 Å². The number of aryl methyl sites for hydroxylation is 2. The van der Waals surface area contributed by atoms with E-state index >= 15 is 0 Å². The highest BCUT2D eigenvalue weighted by molar-refractivity contribution is 5.83. The van der Waals surface area contributed by atoms with Gasteiger partial charge in [-0.1, -0.05) is 48.9 Å². The predicted molar refractivity (Wildman–Crippen MR) is 120 cm³/mol. The summed E-state index contributed by atoms with van der Waals surface area (Å²) in [6.45, 7) is 2.80. The van der Waals surface area contributed by atoms with Crippen LogP contribution in [-0.4, -0.2) is 32.8 Å². The SMILES string of the molecule is CCCCc1oc2ccccc2c1CN(C)C(=O)CCn1nnc2ccccc2c1=O. The quantitative estimate of drug-likeness (QED) is 0.433. The zero-order valence-electron chi connectivity index (χ0n) is 17.9. The Labute approximate surface area is 180 Å². The predicted octanol–water partition coefficient (Wildman–Crippen LogP) is 3.93. The summed E-state index contributed by atoms with van der Waals surface area (Å²) in [5.41, 5.74) is 2.23. The first-order chi connectivity index (χ1) is 15.1. The molecule has 0 unspecified atom stereocenters. The van der Waals surface area contributed by atoms with Crippen LogP contribution >= 0.6 is 0 Å². The second-order valence-corrected chi connectivity index (χ2v) is 7.74. The average Bonchev–Trinajstić information content (AvgIpc) is 3.14.